The van der Waals surface area contributed by atoms with E-state index in [0.29, 0.717) is 37.3 Å². The topological polar surface area (TPSA) is 54.0 Å². The van der Waals surface area contributed by atoms with Gasteiger partial charge in [-0.2, -0.15) is 13.2 Å². The predicted molar refractivity (Wildman–Crippen MR) is 72.5 cm³/mol. The Morgan fingerprint density at radius 2 is 2.05 bits per heavy atom. The molecule has 0 aliphatic carbocycles. The lowest BCUT2D eigenvalue weighted by Crippen LogP contribution is -2.35. The van der Waals surface area contributed by atoms with Crippen LogP contribution in [0, 0.1) is 11.7 Å². The Labute approximate surface area is 125 Å². The van der Waals surface area contributed by atoms with Gasteiger partial charge in [0.1, 0.15) is 5.82 Å². The SMILES string of the molecule is Nc1ccc(F)cc1CN1CCC(CC2(C(F)(F)F)N=N2)C1. The largest absolute Gasteiger partial charge is 0.437 e. The second-order valence-electron chi connectivity index (χ2n) is 5.95. The van der Waals surface area contributed by atoms with Crippen LogP contribution in [0.15, 0.2) is 28.4 Å². The first-order valence-electron chi connectivity index (χ1n) is 7.06. The maximum absolute atomic E-state index is 13.2. The monoisotopic (exact) mass is 316 g/mol. The van der Waals surface area contributed by atoms with Gasteiger partial charge in [0.2, 0.25) is 0 Å². The van der Waals surface area contributed by atoms with Gasteiger partial charge < -0.3 is 5.73 Å². The average Bonchev–Trinajstić information content (AvgIpc) is 3.08. The molecule has 4 nitrogen and oxygen atoms in total. The van der Waals surface area contributed by atoms with Gasteiger partial charge in [0.15, 0.2) is 0 Å². The molecule has 1 unspecified atom stereocenters. The highest BCUT2D eigenvalue weighted by molar-refractivity contribution is 5.46. The number of anilines is 1. The van der Waals surface area contributed by atoms with E-state index in [4.69, 9.17) is 5.73 Å². The van der Waals surface area contributed by atoms with E-state index in [1.807, 2.05) is 4.90 Å². The fraction of sp³-hybridized carbons (Fsp3) is 0.571. The highest BCUT2D eigenvalue weighted by Gasteiger charge is 2.64. The van der Waals surface area contributed by atoms with Crippen LogP contribution in [-0.2, 0) is 6.54 Å². The van der Waals surface area contributed by atoms with Gasteiger partial charge in [-0.25, -0.2) is 4.39 Å². The fourth-order valence-corrected chi connectivity index (χ4v) is 2.95. The number of nitrogens with zero attached hydrogens (tertiary/aromatic N) is 3. The maximum Gasteiger partial charge on any atom is 0.437 e. The van der Waals surface area contributed by atoms with Crippen molar-refractivity contribution < 1.29 is 17.6 Å². The normalized spacial score (nSPS) is 23.9. The molecule has 0 amide bonds. The smallest absolute Gasteiger partial charge is 0.398 e. The quantitative estimate of drug-likeness (QED) is 0.684. The summed E-state index contributed by atoms with van der Waals surface area (Å²) in [5.41, 5.74) is 4.77. The molecule has 1 fully saturated rings. The van der Waals surface area contributed by atoms with Crippen LogP contribution >= 0.6 is 0 Å². The summed E-state index contributed by atoms with van der Waals surface area (Å²) in [5, 5.41) is 6.43. The van der Waals surface area contributed by atoms with Crippen molar-refractivity contribution in [3.63, 3.8) is 0 Å². The summed E-state index contributed by atoms with van der Waals surface area (Å²) in [4.78, 5) is 1.99. The van der Waals surface area contributed by atoms with Crippen LogP contribution < -0.4 is 5.73 Å². The van der Waals surface area contributed by atoms with E-state index < -0.39 is 11.8 Å². The lowest BCUT2D eigenvalue weighted by atomic mass is 9.96. The van der Waals surface area contributed by atoms with Gasteiger partial charge in [-0.1, -0.05) is 0 Å². The number of nitrogens with two attached hydrogens (primary N) is 1. The van der Waals surface area contributed by atoms with E-state index in [2.05, 4.69) is 10.2 Å². The van der Waals surface area contributed by atoms with Gasteiger partial charge in [-0.3, -0.25) is 4.90 Å². The number of hydrogen-bond donors (Lipinski definition) is 1. The molecular formula is C14H16F4N4. The molecule has 0 radical (unpaired) electrons. The van der Waals surface area contributed by atoms with Crippen LogP contribution in [0.4, 0.5) is 23.2 Å². The van der Waals surface area contributed by atoms with Crippen LogP contribution in [0.25, 0.3) is 0 Å². The van der Waals surface area contributed by atoms with E-state index in [0.717, 1.165) is 0 Å². The van der Waals surface area contributed by atoms with E-state index in [-0.39, 0.29) is 18.2 Å². The van der Waals surface area contributed by atoms with Crippen molar-refractivity contribution in [2.24, 2.45) is 16.1 Å². The molecule has 2 aliphatic rings. The Morgan fingerprint density at radius 1 is 1.32 bits per heavy atom. The number of rotatable bonds is 4. The second-order valence-corrected chi connectivity index (χ2v) is 5.95. The summed E-state index contributed by atoms with van der Waals surface area (Å²) in [6.45, 7) is 1.61. The average molecular weight is 316 g/mol. The first-order valence-corrected chi connectivity index (χ1v) is 7.06. The van der Waals surface area contributed by atoms with Crippen molar-refractivity contribution in [3.05, 3.63) is 29.6 Å². The Bertz CT molecular complexity index is 593. The lowest BCUT2D eigenvalue weighted by molar-refractivity contribution is -0.167. The Morgan fingerprint density at radius 3 is 2.68 bits per heavy atom. The maximum atomic E-state index is 13.2. The molecule has 2 aliphatic heterocycles. The molecule has 22 heavy (non-hydrogen) atoms. The van der Waals surface area contributed by atoms with Gasteiger partial charge in [0.25, 0.3) is 5.66 Å². The number of halogens is 4. The van der Waals surface area contributed by atoms with E-state index in [9.17, 15) is 17.6 Å². The number of nitrogen functional groups attached to an aromatic ring is 1. The van der Waals surface area contributed by atoms with Crippen molar-refractivity contribution in [2.75, 3.05) is 18.8 Å². The molecule has 120 valence electrons. The number of benzene rings is 1. The van der Waals surface area contributed by atoms with Gasteiger partial charge >= 0.3 is 6.18 Å². The predicted octanol–water partition coefficient (Wildman–Crippen LogP) is 3.34. The highest BCUT2D eigenvalue weighted by atomic mass is 19.4. The second kappa shape index (κ2) is 5.19. The van der Waals surface area contributed by atoms with E-state index in [1.165, 1.54) is 18.2 Å². The van der Waals surface area contributed by atoms with Gasteiger partial charge in [0.05, 0.1) is 0 Å². The molecule has 0 bridgehead atoms. The molecule has 0 aromatic heterocycles. The first-order chi connectivity index (χ1) is 10.3. The third kappa shape index (κ3) is 2.92. The van der Waals surface area contributed by atoms with Crippen LogP contribution in [0.3, 0.4) is 0 Å². The highest BCUT2D eigenvalue weighted by Crippen LogP contribution is 2.49. The molecule has 0 saturated carbocycles. The van der Waals surface area contributed by atoms with Crippen LogP contribution in [-0.4, -0.2) is 29.8 Å². The van der Waals surface area contributed by atoms with Crippen molar-refractivity contribution in [1.82, 2.24) is 4.90 Å². The summed E-state index contributed by atoms with van der Waals surface area (Å²) >= 11 is 0. The standard InChI is InChI=1S/C14H16F4N4/c15-11-1-2-12(19)10(5-11)8-22-4-3-9(7-22)6-13(20-21-13)14(16,17)18/h1-2,5,9H,3-4,6-8,19H2. The number of hydrogen-bond acceptors (Lipinski definition) is 4. The van der Waals surface area contributed by atoms with Gasteiger partial charge in [0, 0.05) is 25.2 Å². The minimum absolute atomic E-state index is 0.106. The minimum Gasteiger partial charge on any atom is -0.398 e. The summed E-state index contributed by atoms with van der Waals surface area (Å²) in [5.74, 6) is -0.488. The van der Waals surface area contributed by atoms with Crippen molar-refractivity contribution >= 4 is 5.69 Å². The molecule has 1 atom stereocenters. The summed E-state index contributed by atoms with van der Waals surface area (Å²) in [6.07, 6.45) is -3.86. The van der Waals surface area contributed by atoms with Crippen LogP contribution in [0.5, 0.6) is 0 Å². The minimum atomic E-state index is -4.41. The van der Waals surface area contributed by atoms with Crippen LogP contribution in [0.1, 0.15) is 18.4 Å². The van der Waals surface area contributed by atoms with E-state index in [1.54, 1.807) is 0 Å². The van der Waals surface area contributed by atoms with E-state index >= 15 is 0 Å². The zero-order valence-corrected chi connectivity index (χ0v) is 11.8. The molecule has 1 aromatic rings. The fourth-order valence-electron chi connectivity index (χ4n) is 2.95. The summed E-state index contributed by atoms with van der Waals surface area (Å²) in [6, 6.07) is 4.15. The molecule has 1 aromatic carbocycles. The zero-order chi connectivity index (χ0) is 16.0. The van der Waals surface area contributed by atoms with Crippen molar-refractivity contribution in [3.8, 4) is 0 Å². The molecular weight excluding hydrogens is 300 g/mol. The summed E-state index contributed by atoms with van der Waals surface area (Å²) in [7, 11) is 0. The van der Waals surface area contributed by atoms with Crippen molar-refractivity contribution in [1.29, 1.82) is 0 Å². The third-order valence-electron chi connectivity index (χ3n) is 4.24. The first kappa shape index (κ1) is 15.2. The molecule has 0 spiro atoms. The molecule has 2 N–H and O–H groups in total. The van der Waals surface area contributed by atoms with Gasteiger partial charge in [-0.05, 0) is 42.6 Å². The summed E-state index contributed by atoms with van der Waals surface area (Å²) < 4.78 is 51.7. The number of alkyl halides is 3. The molecule has 2 heterocycles. The van der Waals surface area contributed by atoms with Crippen molar-refractivity contribution in [2.45, 2.75) is 31.2 Å². The Hall–Kier alpha value is -1.70. The third-order valence-corrected chi connectivity index (χ3v) is 4.24. The Balaban J connectivity index is 1.58. The Kier molecular flexibility index (Phi) is 3.58. The van der Waals surface area contributed by atoms with Crippen LogP contribution in [0.2, 0.25) is 0 Å². The number of likely N-dealkylation sites (tertiary alicyclic amines) is 1. The zero-order valence-electron chi connectivity index (χ0n) is 11.8. The molecule has 8 heteroatoms. The molecule has 3 rings (SSSR count). The van der Waals surface area contributed by atoms with Gasteiger partial charge in [-0.15, -0.1) is 10.2 Å². The lowest BCUT2D eigenvalue weighted by Gasteiger charge is -2.20. The molecule has 1 saturated heterocycles.